The summed E-state index contributed by atoms with van der Waals surface area (Å²) in [7, 11) is 4.13. The normalized spacial score (nSPS) is 13.3. The van der Waals surface area contributed by atoms with Crippen molar-refractivity contribution in [1.82, 2.24) is 14.5 Å². The first-order chi connectivity index (χ1) is 9.58. The number of aliphatic hydroxyl groups excluding tert-OH is 1. The molecule has 20 heavy (non-hydrogen) atoms. The highest BCUT2D eigenvalue weighted by Gasteiger charge is 2.18. The number of imidazole rings is 1. The van der Waals surface area contributed by atoms with Gasteiger partial charge in [-0.3, -0.25) is 4.90 Å². The number of hydrogen-bond donors (Lipinski definition) is 1. The predicted octanol–water partition coefficient (Wildman–Crippen LogP) is 2.60. The zero-order valence-corrected chi connectivity index (χ0v) is 12.9. The van der Waals surface area contributed by atoms with Gasteiger partial charge in [-0.25, -0.2) is 4.98 Å². The Bertz CT molecular complexity index is 574. The van der Waals surface area contributed by atoms with Crippen molar-refractivity contribution >= 4 is 11.0 Å². The molecule has 0 saturated heterocycles. The summed E-state index contributed by atoms with van der Waals surface area (Å²) in [5.41, 5.74) is 3.54. The van der Waals surface area contributed by atoms with Gasteiger partial charge in [0.1, 0.15) is 5.82 Å². The van der Waals surface area contributed by atoms with E-state index in [1.54, 1.807) is 0 Å². The van der Waals surface area contributed by atoms with Crippen molar-refractivity contribution in [2.75, 3.05) is 20.7 Å². The molecule has 4 heteroatoms. The quantitative estimate of drug-likeness (QED) is 0.881. The molecular formula is C16H25N3O. The van der Waals surface area contributed by atoms with Gasteiger partial charge in [-0.15, -0.1) is 0 Å². The second-order valence-electron chi connectivity index (χ2n) is 5.52. The smallest absolute Gasteiger partial charge is 0.126 e. The maximum absolute atomic E-state index is 9.11. The fourth-order valence-electron chi connectivity index (χ4n) is 2.43. The molecule has 2 rings (SSSR count). The van der Waals surface area contributed by atoms with Crippen LogP contribution in [0.25, 0.3) is 11.0 Å². The second-order valence-corrected chi connectivity index (χ2v) is 5.52. The van der Waals surface area contributed by atoms with Crippen LogP contribution in [-0.2, 0) is 13.0 Å². The van der Waals surface area contributed by atoms with Gasteiger partial charge in [0.25, 0.3) is 0 Å². The highest BCUT2D eigenvalue weighted by molar-refractivity contribution is 5.77. The molecular weight excluding hydrogens is 250 g/mol. The molecule has 1 atom stereocenters. The Hall–Kier alpha value is -1.39. The van der Waals surface area contributed by atoms with Gasteiger partial charge in [0.05, 0.1) is 17.1 Å². The van der Waals surface area contributed by atoms with E-state index in [1.165, 1.54) is 11.1 Å². The summed E-state index contributed by atoms with van der Waals surface area (Å²) in [6.45, 7) is 5.35. The molecule has 1 N–H and O–H groups in total. The Kier molecular flexibility index (Phi) is 4.78. The third-order valence-electron chi connectivity index (χ3n) is 3.94. The molecule has 0 radical (unpaired) electrons. The molecule has 4 nitrogen and oxygen atoms in total. The Morgan fingerprint density at radius 3 is 2.70 bits per heavy atom. The summed E-state index contributed by atoms with van der Waals surface area (Å²) < 4.78 is 2.25. The lowest BCUT2D eigenvalue weighted by Crippen LogP contribution is -2.21. The molecule has 1 aromatic carbocycles. The molecule has 1 heterocycles. The molecule has 2 aromatic rings. The minimum absolute atomic E-state index is 0.211. The van der Waals surface area contributed by atoms with Crippen LogP contribution in [-0.4, -0.2) is 40.3 Å². The monoisotopic (exact) mass is 275 g/mol. The Labute approximate surface area is 121 Å². The molecule has 0 aliphatic carbocycles. The van der Waals surface area contributed by atoms with E-state index in [0.717, 1.165) is 30.7 Å². The van der Waals surface area contributed by atoms with Gasteiger partial charge in [0.2, 0.25) is 0 Å². The van der Waals surface area contributed by atoms with E-state index >= 15 is 0 Å². The molecule has 0 bridgehead atoms. The predicted molar refractivity (Wildman–Crippen MR) is 82.9 cm³/mol. The van der Waals surface area contributed by atoms with Crippen molar-refractivity contribution < 1.29 is 5.11 Å². The van der Waals surface area contributed by atoms with Gasteiger partial charge in [0.15, 0.2) is 0 Å². The van der Waals surface area contributed by atoms with E-state index in [4.69, 9.17) is 10.1 Å². The summed E-state index contributed by atoms with van der Waals surface area (Å²) in [4.78, 5) is 7.00. The van der Waals surface area contributed by atoms with E-state index in [-0.39, 0.29) is 12.6 Å². The first-order valence-electron chi connectivity index (χ1n) is 7.34. The summed E-state index contributed by atoms with van der Waals surface area (Å²) in [6.07, 6.45) is 1.78. The van der Waals surface area contributed by atoms with Crippen LogP contribution in [0, 0.1) is 0 Å². The number of rotatable bonds is 6. The van der Waals surface area contributed by atoms with Crippen molar-refractivity contribution in [3.8, 4) is 0 Å². The highest BCUT2D eigenvalue weighted by Crippen LogP contribution is 2.24. The van der Waals surface area contributed by atoms with Crippen LogP contribution in [0.2, 0.25) is 0 Å². The molecule has 1 aromatic heterocycles. The average Bonchev–Trinajstić information content (AvgIpc) is 2.81. The third-order valence-corrected chi connectivity index (χ3v) is 3.94. The lowest BCUT2D eigenvalue weighted by molar-refractivity contribution is 0.272. The van der Waals surface area contributed by atoms with Crippen LogP contribution in [0.1, 0.15) is 37.7 Å². The largest absolute Gasteiger partial charge is 0.396 e. The fourth-order valence-corrected chi connectivity index (χ4v) is 2.43. The first-order valence-corrected chi connectivity index (χ1v) is 7.34. The molecule has 0 spiro atoms. The number of aliphatic hydroxyl groups is 1. The minimum Gasteiger partial charge on any atom is -0.396 e. The maximum Gasteiger partial charge on any atom is 0.126 e. The van der Waals surface area contributed by atoms with E-state index in [1.807, 2.05) is 0 Å². The standard InChI is InChI=1S/C16H25N3O/c1-5-13-7-8-15-14(11-13)17-16(12(2)18(3)4)19(15)9-6-10-20/h7-8,11-12,20H,5-6,9-10H2,1-4H3. The Morgan fingerprint density at radius 2 is 2.10 bits per heavy atom. The van der Waals surface area contributed by atoms with Crippen molar-refractivity contribution in [2.45, 2.75) is 39.3 Å². The van der Waals surface area contributed by atoms with Crippen LogP contribution in [0.3, 0.4) is 0 Å². The zero-order valence-electron chi connectivity index (χ0n) is 12.9. The first kappa shape index (κ1) is 15.0. The highest BCUT2D eigenvalue weighted by atomic mass is 16.3. The summed E-state index contributed by atoms with van der Waals surface area (Å²) in [5, 5.41) is 9.11. The minimum atomic E-state index is 0.211. The van der Waals surface area contributed by atoms with Crippen LogP contribution in [0.5, 0.6) is 0 Å². The molecule has 0 amide bonds. The van der Waals surface area contributed by atoms with E-state index < -0.39 is 0 Å². The third kappa shape index (κ3) is 2.86. The van der Waals surface area contributed by atoms with Crippen LogP contribution in [0.4, 0.5) is 0 Å². The molecule has 0 aliphatic rings. The van der Waals surface area contributed by atoms with Gasteiger partial charge in [-0.2, -0.15) is 0 Å². The maximum atomic E-state index is 9.11. The van der Waals surface area contributed by atoms with Crippen molar-refractivity contribution in [3.05, 3.63) is 29.6 Å². The lowest BCUT2D eigenvalue weighted by atomic mass is 10.1. The number of hydrogen-bond acceptors (Lipinski definition) is 3. The van der Waals surface area contributed by atoms with Crippen LogP contribution >= 0.6 is 0 Å². The van der Waals surface area contributed by atoms with Gasteiger partial charge < -0.3 is 9.67 Å². The van der Waals surface area contributed by atoms with Gasteiger partial charge >= 0.3 is 0 Å². The van der Waals surface area contributed by atoms with Gasteiger partial charge in [-0.05, 0) is 51.6 Å². The molecule has 1 unspecified atom stereocenters. The average molecular weight is 275 g/mol. The number of benzene rings is 1. The number of fused-ring (bicyclic) bond motifs is 1. The SMILES string of the molecule is CCc1ccc2c(c1)nc(C(C)N(C)C)n2CCCO. The van der Waals surface area contributed by atoms with E-state index in [2.05, 4.69) is 55.6 Å². The van der Waals surface area contributed by atoms with E-state index in [0.29, 0.717) is 0 Å². The number of aromatic nitrogens is 2. The summed E-state index contributed by atoms with van der Waals surface area (Å²) >= 11 is 0. The van der Waals surface area contributed by atoms with Crippen molar-refractivity contribution in [3.63, 3.8) is 0 Å². The summed E-state index contributed by atoms with van der Waals surface area (Å²) in [6, 6.07) is 6.76. The fraction of sp³-hybridized carbons (Fsp3) is 0.562. The molecule has 0 saturated carbocycles. The van der Waals surface area contributed by atoms with Crippen LogP contribution < -0.4 is 0 Å². The van der Waals surface area contributed by atoms with Crippen molar-refractivity contribution in [1.29, 1.82) is 0 Å². The zero-order chi connectivity index (χ0) is 14.7. The Morgan fingerprint density at radius 1 is 1.35 bits per heavy atom. The van der Waals surface area contributed by atoms with Crippen molar-refractivity contribution in [2.24, 2.45) is 0 Å². The molecule has 0 aliphatic heterocycles. The van der Waals surface area contributed by atoms with Crippen LogP contribution in [0.15, 0.2) is 18.2 Å². The molecule has 0 fully saturated rings. The number of nitrogens with zero attached hydrogens (tertiary/aromatic N) is 3. The van der Waals surface area contributed by atoms with Gasteiger partial charge in [0, 0.05) is 13.2 Å². The Balaban J connectivity index is 2.53. The van der Waals surface area contributed by atoms with Gasteiger partial charge in [-0.1, -0.05) is 13.0 Å². The lowest BCUT2D eigenvalue weighted by Gasteiger charge is -2.20. The molecule has 110 valence electrons. The second kappa shape index (κ2) is 6.37. The van der Waals surface area contributed by atoms with E-state index in [9.17, 15) is 0 Å². The summed E-state index contributed by atoms with van der Waals surface area (Å²) in [5.74, 6) is 1.08. The topological polar surface area (TPSA) is 41.3 Å². The number of aryl methyl sites for hydroxylation is 2.